The molecule has 1 N–H and O–H groups in total. The maximum atomic E-state index is 12.2. The van der Waals surface area contributed by atoms with Gasteiger partial charge in [0.05, 0.1) is 11.9 Å². The maximum Gasteiger partial charge on any atom is 0.255 e. The average Bonchev–Trinajstić information content (AvgIpc) is 2.63. The van der Waals surface area contributed by atoms with Crippen LogP contribution < -0.4 is 10.2 Å². The van der Waals surface area contributed by atoms with Gasteiger partial charge in [0.2, 0.25) is 0 Å². The Kier molecular flexibility index (Phi) is 4.91. The summed E-state index contributed by atoms with van der Waals surface area (Å²) in [4.78, 5) is 18.6. The topological polar surface area (TPSA) is 45.2 Å². The zero-order valence-electron chi connectivity index (χ0n) is 13.1. The number of carbonyl (C=O) groups excluding carboxylic acids is 1. The Balaban J connectivity index is 1.70. The molecule has 1 amide bonds. The fourth-order valence-corrected chi connectivity index (χ4v) is 2.51. The Labute approximate surface area is 149 Å². The largest absolute Gasteiger partial charge is 0.329 e. The van der Waals surface area contributed by atoms with Crippen LogP contribution in [0, 0.1) is 0 Å². The Bertz CT molecular complexity index is 817. The highest BCUT2D eigenvalue weighted by atomic mass is 79.9. The standard InChI is InChI=1S/C19H16BrN3O/c1-23(17-5-3-2-4-6-17)18-12-11-16(13-21-18)22-19(24)14-7-9-15(20)10-8-14/h2-13H,1H3,(H,22,24). The van der Waals surface area contributed by atoms with E-state index < -0.39 is 0 Å². The second kappa shape index (κ2) is 7.27. The van der Waals surface area contributed by atoms with Crippen molar-refractivity contribution in [3.05, 3.63) is 83.0 Å². The van der Waals surface area contributed by atoms with Crippen molar-refractivity contribution in [2.24, 2.45) is 0 Å². The molecule has 0 aliphatic heterocycles. The van der Waals surface area contributed by atoms with Crippen LogP contribution >= 0.6 is 15.9 Å². The van der Waals surface area contributed by atoms with E-state index in [-0.39, 0.29) is 5.91 Å². The molecule has 0 radical (unpaired) electrons. The number of para-hydroxylation sites is 1. The van der Waals surface area contributed by atoms with Gasteiger partial charge in [-0.15, -0.1) is 0 Å². The lowest BCUT2D eigenvalue weighted by Crippen LogP contribution is -2.13. The minimum atomic E-state index is -0.159. The third-order valence-corrected chi connectivity index (χ3v) is 4.13. The lowest BCUT2D eigenvalue weighted by molar-refractivity contribution is 0.102. The summed E-state index contributed by atoms with van der Waals surface area (Å²) in [7, 11) is 1.96. The normalized spacial score (nSPS) is 10.2. The number of amides is 1. The van der Waals surface area contributed by atoms with Crippen LogP contribution in [0.15, 0.2) is 77.4 Å². The van der Waals surface area contributed by atoms with Crippen molar-refractivity contribution < 1.29 is 4.79 Å². The molecule has 3 aromatic rings. The molecule has 0 atom stereocenters. The molecule has 0 saturated heterocycles. The summed E-state index contributed by atoms with van der Waals surface area (Å²) in [5.41, 5.74) is 2.31. The summed E-state index contributed by atoms with van der Waals surface area (Å²) in [5.74, 6) is 0.649. The van der Waals surface area contributed by atoms with Gasteiger partial charge in [-0.2, -0.15) is 0 Å². The number of hydrogen-bond donors (Lipinski definition) is 1. The fraction of sp³-hybridized carbons (Fsp3) is 0.0526. The van der Waals surface area contributed by atoms with Crippen molar-refractivity contribution in [3.8, 4) is 0 Å². The Hall–Kier alpha value is -2.66. The number of halogens is 1. The van der Waals surface area contributed by atoms with Gasteiger partial charge in [0.15, 0.2) is 0 Å². The molecule has 0 unspecified atom stereocenters. The van der Waals surface area contributed by atoms with Gasteiger partial charge in [-0.05, 0) is 48.5 Å². The summed E-state index contributed by atoms with van der Waals surface area (Å²) in [6.45, 7) is 0. The van der Waals surface area contributed by atoms with E-state index in [1.807, 2.05) is 66.5 Å². The molecule has 0 saturated carbocycles. The van der Waals surface area contributed by atoms with E-state index in [1.54, 1.807) is 18.3 Å². The molecule has 4 nitrogen and oxygen atoms in total. The molecule has 0 spiro atoms. The van der Waals surface area contributed by atoms with E-state index in [0.29, 0.717) is 11.3 Å². The van der Waals surface area contributed by atoms with Gasteiger partial charge in [0.1, 0.15) is 5.82 Å². The van der Waals surface area contributed by atoms with Crippen LogP contribution in [0.5, 0.6) is 0 Å². The number of hydrogen-bond acceptors (Lipinski definition) is 3. The molecule has 1 aromatic heterocycles. The molecule has 0 fully saturated rings. The summed E-state index contributed by atoms with van der Waals surface area (Å²) in [6.07, 6.45) is 1.66. The van der Waals surface area contributed by atoms with Crippen LogP contribution in [-0.4, -0.2) is 17.9 Å². The number of aromatic nitrogens is 1. The summed E-state index contributed by atoms with van der Waals surface area (Å²) in [6, 6.07) is 20.9. The van der Waals surface area contributed by atoms with Gasteiger partial charge >= 0.3 is 0 Å². The molecular weight excluding hydrogens is 366 g/mol. The maximum absolute atomic E-state index is 12.2. The van der Waals surface area contributed by atoms with Crippen molar-refractivity contribution in [1.82, 2.24) is 4.98 Å². The quantitative estimate of drug-likeness (QED) is 0.701. The van der Waals surface area contributed by atoms with Crippen LogP contribution in [0.3, 0.4) is 0 Å². The van der Waals surface area contributed by atoms with Crippen LogP contribution in [-0.2, 0) is 0 Å². The van der Waals surface area contributed by atoms with Gasteiger partial charge < -0.3 is 10.2 Å². The van der Waals surface area contributed by atoms with Gasteiger partial charge in [0, 0.05) is 22.8 Å². The van der Waals surface area contributed by atoms with E-state index in [0.717, 1.165) is 16.0 Å². The predicted octanol–water partition coefficient (Wildman–Crippen LogP) is 4.86. The first-order valence-corrected chi connectivity index (χ1v) is 8.24. The van der Waals surface area contributed by atoms with E-state index >= 15 is 0 Å². The molecule has 1 heterocycles. The number of nitrogens with zero attached hydrogens (tertiary/aromatic N) is 2. The second-order valence-corrected chi connectivity index (χ2v) is 6.18. The van der Waals surface area contributed by atoms with Gasteiger partial charge in [-0.25, -0.2) is 4.98 Å². The number of nitrogens with one attached hydrogen (secondary N) is 1. The first kappa shape index (κ1) is 16.2. The first-order valence-electron chi connectivity index (χ1n) is 7.45. The summed E-state index contributed by atoms with van der Waals surface area (Å²) in [5, 5.41) is 2.85. The molecule has 24 heavy (non-hydrogen) atoms. The van der Waals surface area contributed by atoms with Crippen molar-refractivity contribution in [1.29, 1.82) is 0 Å². The smallest absolute Gasteiger partial charge is 0.255 e. The average molecular weight is 382 g/mol. The minimum absolute atomic E-state index is 0.159. The zero-order chi connectivity index (χ0) is 16.9. The van der Waals surface area contributed by atoms with E-state index in [1.165, 1.54) is 0 Å². The number of benzene rings is 2. The molecular formula is C19H16BrN3O. The van der Waals surface area contributed by atoms with E-state index in [2.05, 4.69) is 26.2 Å². The summed E-state index contributed by atoms with van der Waals surface area (Å²) < 4.78 is 0.939. The highest BCUT2D eigenvalue weighted by Crippen LogP contribution is 2.22. The Morgan fingerprint density at radius 2 is 1.71 bits per heavy atom. The third kappa shape index (κ3) is 3.81. The van der Waals surface area contributed by atoms with Crippen LogP contribution in [0.25, 0.3) is 0 Å². The fourth-order valence-electron chi connectivity index (χ4n) is 2.25. The van der Waals surface area contributed by atoms with E-state index in [4.69, 9.17) is 0 Å². The number of pyridine rings is 1. The molecule has 0 aliphatic carbocycles. The molecule has 0 aliphatic rings. The van der Waals surface area contributed by atoms with Crippen molar-refractivity contribution in [3.63, 3.8) is 0 Å². The van der Waals surface area contributed by atoms with Gasteiger partial charge in [0.25, 0.3) is 5.91 Å². The van der Waals surface area contributed by atoms with Crippen molar-refractivity contribution in [2.45, 2.75) is 0 Å². The first-order chi connectivity index (χ1) is 11.6. The highest BCUT2D eigenvalue weighted by Gasteiger charge is 2.08. The monoisotopic (exact) mass is 381 g/mol. The highest BCUT2D eigenvalue weighted by molar-refractivity contribution is 9.10. The Morgan fingerprint density at radius 3 is 2.33 bits per heavy atom. The van der Waals surface area contributed by atoms with Gasteiger partial charge in [-0.3, -0.25) is 4.79 Å². The second-order valence-electron chi connectivity index (χ2n) is 5.26. The van der Waals surface area contributed by atoms with Crippen molar-refractivity contribution >= 4 is 39.0 Å². The third-order valence-electron chi connectivity index (χ3n) is 3.60. The van der Waals surface area contributed by atoms with Crippen LogP contribution in [0.1, 0.15) is 10.4 Å². The van der Waals surface area contributed by atoms with E-state index in [9.17, 15) is 4.79 Å². The number of rotatable bonds is 4. The van der Waals surface area contributed by atoms with Crippen LogP contribution in [0.2, 0.25) is 0 Å². The number of carbonyl (C=O) groups is 1. The molecule has 120 valence electrons. The summed E-state index contributed by atoms with van der Waals surface area (Å²) >= 11 is 3.36. The SMILES string of the molecule is CN(c1ccccc1)c1ccc(NC(=O)c2ccc(Br)cc2)cn1. The number of anilines is 3. The molecule has 5 heteroatoms. The lowest BCUT2D eigenvalue weighted by Gasteiger charge is -2.18. The lowest BCUT2D eigenvalue weighted by atomic mass is 10.2. The zero-order valence-corrected chi connectivity index (χ0v) is 14.7. The Morgan fingerprint density at radius 1 is 1.00 bits per heavy atom. The van der Waals surface area contributed by atoms with Gasteiger partial charge in [-0.1, -0.05) is 34.1 Å². The molecule has 2 aromatic carbocycles. The van der Waals surface area contributed by atoms with Crippen molar-refractivity contribution in [2.75, 3.05) is 17.3 Å². The molecule has 0 bridgehead atoms. The van der Waals surface area contributed by atoms with Crippen LogP contribution in [0.4, 0.5) is 17.2 Å². The molecule has 3 rings (SSSR count). The predicted molar refractivity (Wildman–Crippen MR) is 101 cm³/mol. The minimum Gasteiger partial charge on any atom is -0.329 e.